The number of alkyl halides is 2. The third-order valence-corrected chi connectivity index (χ3v) is 5.19. The van der Waals surface area contributed by atoms with Gasteiger partial charge in [0.25, 0.3) is 5.91 Å². The van der Waals surface area contributed by atoms with Gasteiger partial charge in [0.05, 0.1) is 10.6 Å². The predicted molar refractivity (Wildman–Crippen MR) is 110 cm³/mol. The minimum atomic E-state index is -2.97. The highest BCUT2D eigenvalue weighted by Gasteiger charge is 2.15. The zero-order chi connectivity index (χ0) is 21.0. The maximum atomic E-state index is 12.5. The fourth-order valence-electron chi connectivity index (χ4n) is 3.07. The summed E-state index contributed by atoms with van der Waals surface area (Å²) in [7, 11) is 0. The number of benzene rings is 2. The van der Waals surface area contributed by atoms with E-state index in [1.54, 1.807) is 18.2 Å². The summed E-state index contributed by atoms with van der Waals surface area (Å²) < 4.78 is 35.4. The zero-order valence-electron chi connectivity index (χ0n) is 16.3. The van der Waals surface area contributed by atoms with E-state index in [1.807, 2.05) is 26.2 Å². The molecule has 1 aromatic heterocycles. The number of amides is 1. The Bertz CT molecular complexity index is 994. The second kappa shape index (κ2) is 9.05. The molecule has 29 heavy (non-hydrogen) atoms. The first-order valence-corrected chi connectivity index (χ1v) is 9.84. The van der Waals surface area contributed by atoms with Gasteiger partial charge in [-0.25, -0.2) is 0 Å². The summed E-state index contributed by atoms with van der Waals surface area (Å²) in [6, 6.07) is 11.9. The number of thiophene rings is 1. The molecule has 1 amide bonds. The van der Waals surface area contributed by atoms with Crippen molar-refractivity contribution in [3.05, 3.63) is 75.0 Å². The summed E-state index contributed by atoms with van der Waals surface area (Å²) >= 11 is 1.26. The summed E-state index contributed by atoms with van der Waals surface area (Å²) in [6.07, 6.45) is 0. The van der Waals surface area contributed by atoms with Crippen LogP contribution in [0, 0.1) is 20.8 Å². The van der Waals surface area contributed by atoms with E-state index in [0.29, 0.717) is 11.5 Å². The van der Waals surface area contributed by atoms with Crippen molar-refractivity contribution in [1.82, 2.24) is 0 Å². The Morgan fingerprint density at radius 3 is 2.48 bits per heavy atom. The first-order valence-electron chi connectivity index (χ1n) is 8.96. The van der Waals surface area contributed by atoms with Gasteiger partial charge in [0.2, 0.25) is 0 Å². The van der Waals surface area contributed by atoms with Gasteiger partial charge < -0.3 is 14.8 Å². The van der Waals surface area contributed by atoms with Crippen LogP contribution in [0.2, 0.25) is 0 Å². The van der Waals surface area contributed by atoms with Gasteiger partial charge in [-0.1, -0.05) is 29.8 Å². The highest BCUT2D eigenvalue weighted by atomic mass is 32.1. The van der Waals surface area contributed by atoms with Crippen LogP contribution in [0.4, 0.5) is 14.5 Å². The average molecular weight is 417 g/mol. The Morgan fingerprint density at radius 1 is 1.10 bits per heavy atom. The molecule has 0 unspecified atom stereocenters. The molecule has 0 bridgehead atoms. The molecule has 1 heterocycles. The van der Waals surface area contributed by atoms with Crippen LogP contribution in [0.3, 0.4) is 0 Å². The lowest BCUT2D eigenvalue weighted by Crippen LogP contribution is -2.12. The van der Waals surface area contributed by atoms with Gasteiger partial charge in [0.1, 0.15) is 18.1 Å². The Hall–Kier alpha value is -2.93. The van der Waals surface area contributed by atoms with Crippen molar-refractivity contribution in [1.29, 1.82) is 0 Å². The van der Waals surface area contributed by atoms with Crippen molar-refractivity contribution >= 4 is 22.9 Å². The van der Waals surface area contributed by atoms with Gasteiger partial charge >= 0.3 is 6.61 Å². The number of ether oxygens (including phenoxy) is 2. The summed E-state index contributed by atoms with van der Waals surface area (Å²) in [5, 5.41) is 4.46. The minimum absolute atomic E-state index is 0.0821. The van der Waals surface area contributed by atoms with Crippen molar-refractivity contribution in [2.24, 2.45) is 0 Å². The number of carbonyl (C=O) groups excluding carboxylic acids is 1. The Kier molecular flexibility index (Phi) is 6.49. The van der Waals surface area contributed by atoms with Gasteiger partial charge in [-0.15, -0.1) is 11.3 Å². The number of hydrogen-bond donors (Lipinski definition) is 1. The monoisotopic (exact) mass is 417 g/mol. The van der Waals surface area contributed by atoms with E-state index in [9.17, 15) is 13.6 Å². The molecule has 4 nitrogen and oxygen atoms in total. The van der Waals surface area contributed by atoms with E-state index < -0.39 is 12.5 Å². The van der Waals surface area contributed by atoms with Crippen LogP contribution in [-0.2, 0) is 6.61 Å². The van der Waals surface area contributed by atoms with E-state index in [-0.39, 0.29) is 11.4 Å². The van der Waals surface area contributed by atoms with Crippen molar-refractivity contribution in [3.8, 4) is 11.5 Å². The molecule has 0 saturated carbocycles. The summed E-state index contributed by atoms with van der Waals surface area (Å²) in [6.45, 7) is 3.41. The van der Waals surface area contributed by atoms with Gasteiger partial charge in [-0.2, -0.15) is 8.78 Å². The molecule has 3 rings (SSSR count). The predicted octanol–water partition coefficient (Wildman–Crippen LogP) is 6.11. The highest BCUT2D eigenvalue weighted by molar-refractivity contribution is 7.12. The summed E-state index contributed by atoms with van der Waals surface area (Å²) in [5.74, 6) is 0.362. The SMILES string of the molecule is Cc1cc(C)c(OCc2csc(C(=O)Nc3ccccc3OC(F)F)c2)c(C)c1. The number of aryl methyl sites for hydroxylation is 3. The van der Waals surface area contributed by atoms with Crippen LogP contribution in [0.5, 0.6) is 11.5 Å². The minimum Gasteiger partial charge on any atom is -0.488 e. The van der Waals surface area contributed by atoms with E-state index >= 15 is 0 Å². The molecule has 152 valence electrons. The standard InChI is InChI=1S/C22H21F2NO3S/c1-13-8-14(2)20(15(3)9-13)27-11-16-10-19(29-12-16)21(26)25-17-6-4-5-7-18(17)28-22(23)24/h4-10,12,22H,11H2,1-3H3,(H,25,26). The summed E-state index contributed by atoms with van der Waals surface area (Å²) in [4.78, 5) is 13.0. The Labute approximate surface area is 172 Å². The van der Waals surface area contributed by atoms with Crippen LogP contribution >= 0.6 is 11.3 Å². The smallest absolute Gasteiger partial charge is 0.387 e. The fraction of sp³-hybridized carbons (Fsp3) is 0.227. The van der Waals surface area contributed by atoms with Crippen molar-refractivity contribution in [2.75, 3.05) is 5.32 Å². The molecule has 7 heteroatoms. The average Bonchev–Trinajstić information content (AvgIpc) is 3.11. The molecule has 0 atom stereocenters. The number of rotatable bonds is 7. The number of halogens is 2. The Morgan fingerprint density at radius 2 is 1.79 bits per heavy atom. The highest BCUT2D eigenvalue weighted by Crippen LogP contribution is 2.28. The third-order valence-electron chi connectivity index (χ3n) is 4.22. The lowest BCUT2D eigenvalue weighted by atomic mass is 10.1. The van der Waals surface area contributed by atoms with Gasteiger partial charge in [0, 0.05) is 5.56 Å². The van der Waals surface area contributed by atoms with Crippen molar-refractivity contribution in [2.45, 2.75) is 34.0 Å². The molecule has 1 N–H and O–H groups in total. The molecule has 0 radical (unpaired) electrons. The molecule has 0 spiro atoms. The van der Waals surface area contributed by atoms with Crippen LogP contribution in [0.15, 0.2) is 47.8 Å². The molecular weight excluding hydrogens is 396 g/mol. The maximum absolute atomic E-state index is 12.5. The number of para-hydroxylation sites is 2. The van der Waals surface area contributed by atoms with E-state index in [0.717, 1.165) is 22.4 Å². The number of hydrogen-bond acceptors (Lipinski definition) is 4. The largest absolute Gasteiger partial charge is 0.488 e. The van der Waals surface area contributed by atoms with Crippen molar-refractivity contribution in [3.63, 3.8) is 0 Å². The molecule has 2 aromatic carbocycles. The lowest BCUT2D eigenvalue weighted by molar-refractivity contribution is -0.0493. The second-order valence-corrected chi connectivity index (χ2v) is 7.58. The molecule has 0 saturated heterocycles. The van der Waals surface area contributed by atoms with E-state index in [1.165, 1.54) is 29.0 Å². The molecule has 3 aromatic rings. The first kappa shape index (κ1) is 20.8. The van der Waals surface area contributed by atoms with Gasteiger partial charge in [-0.3, -0.25) is 4.79 Å². The number of carbonyl (C=O) groups is 1. The van der Waals surface area contributed by atoms with E-state index in [2.05, 4.69) is 22.2 Å². The topological polar surface area (TPSA) is 47.6 Å². The molecule has 0 fully saturated rings. The normalized spacial score (nSPS) is 10.8. The lowest BCUT2D eigenvalue weighted by Gasteiger charge is -2.12. The quantitative estimate of drug-likeness (QED) is 0.505. The first-order chi connectivity index (χ1) is 13.8. The molecule has 0 aliphatic carbocycles. The number of nitrogens with one attached hydrogen (secondary N) is 1. The zero-order valence-corrected chi connectivity index (χ0v) is 17.1. The van der Waals surface area contributed by atoms with Crippen LogP contribution in [-0.4, -0.2) is 12.5 Å². The molecule has 0 aliphatic heterocycles. The number of anilines is 1. The summed E-state index contributed by atoms with van der Waals surface area (Å²) in [5.41, 5.74) is 4.35. The van der Waals surface area contributed by atoms with Crippen LogP contribution in [0.25, 0.3) is 0 Å². The van der Waals surface area contributed by atoms with Crippen molar-refractivity contribution < 1.29 is 23.0 Å². The van der Waals surface area contributed by atoms with E-state index in [4.69, 9.17) is 4.74 Å². The Balaban J connectivity index is 1.67. The van der Waals surface area contributed by atoms with Gasteiger partial charge in [-0.05, 0) is 55.5 Å². The van der Waals surface area contributed by atoms with Gasteiger partial charge in [0.15, 0.2) is 0 Å². The fourth-order valence-corrected chi connectivity index (χ4v) is 3.86. The van der Waals surface area contributed by atoms with Crippen LogP contribution in [0.1, 0.15) is 31.9 Å². The molecular formula is C22H21F2NO3S. The van der Waals surface area contributed by atoms with Crippen LogP contribution < -0.4 is 14.8 Å². The third kappa shape index (κ3) is 5.32. The second-order valence-electron chi connectivity index (χ2n) is 6.66. The maximum Gasteiger partial charge on any atom is 0.387 e. The molecule has 0 aliphatic rings.